The van der Waals surface area contributed by atoms with E-state index in [0.29, 0.717) is 35.1 Å². The standard InChI is InChI=1S/C20H32O2/c1-17-9-5-15-19(3)8-4-7-18(2,13-21)14(19)6-10-20(15,12-17)11-16(17)22/h14-15,21H,4-13H2,1-3H3/t14-,15+,17+,18?,19-,20-/m0/s1. The molecule has 1 spiro atoms. The summed E-state index contributed by atoms with van der Waals surface area (Å²) in [4.78, 5) is 12.6. The molecule has 4 saturated carbocycles. The Labute approximate surface area is 135 Å². The number of rotatable bonds is 1. The fraction of sp³-hybridized carbons (Fsp3) is 0.950. The van der Waals surface area contributed by atoms with Crippen molar-refractivity contribution in [3.8, 4) is 0 Å². The minimum Gasteiger partial charge on any atom is -0.396 e. The van der Waals surface area contributed by atoms with Crippen LogP contribution in [0.15, 0.2) is 0 Å². The van der Waals surface area contributed by atoms with E-state index in [0.717, 1.165) is 19.3 Å². The van der Waals surface area contributed by atoms with Gasteiger partial charge in [0.05, 0.1) is 0 Å². The molecule has 2 heteroatoms. The highest BCUT2D eigenvalue weighted by molar-refractivity contribution is 5.88. The fourth-order valence-electron chi connectivity index (χ4n) is 7.83. The summed E-state index contributed by atoms with van der Waals surface area (Å²) in [5.74, 6) is 1.91. The first-order valence-corrected chi connectivity index (χ1v) is 9.42. The first-order chi connectivity index (χ1) is 10.3. The quantitative estimate of drug-likeness (QED) is 0.782. The molecule has 124 valence electrons. The number of hydrogen-bond donors (Lipinski definition) is 1. The molecular weight excluding hydrogens is 272 g/mol. The van der Waals surface area contributed by atoms with Gasteiger partial charge in [-0.3, -0.25) is 4.79 Å². The molecule has 0 aromatic heterocycles. The van der Waals surface area contributed by atoms with E-state index in [4.69, 9.17) is 0 Å². The highest BCUT2D eigenvalue weighted by Crippen LogP contribution is 2.72. The van der Waals surface area contributed by atoms with Crippen LogP contribution in [0.25, 0.3) is 0 Å². The molecule has 0 aromatic rings. The van der Waals surface area contributed by atoms with Gasteiger partial charge in [-0.25, -0.2) is 0 Å². The minimum atomic E-state index is -0.00531. The first-order valence-electron chi connectivity index (χ1n) is 9.42. The van der Waals surface area contributed by atoms with Gasteiger partial charge in [0, 0.05) is 18.4 Å². The summed E-state index contributed by atoms with van der Waals surface area (Å²) in [6.45, 7) is 7.40. The maximum Gasteiger partial charge on any atom is 0.139 e. The van der Waals surface area contributed by atoms with Gasteiger partial charge in [0.15, 0.2) is 0 Å². The Kier molecular flexibility index (Phi) is 3.02. The summed E-state index contributed by atoms with van der Waals surface area (Å²) >= 11 is 0. The third kappa shape index (κ3) is 1.68. The van der Waals surface area contributed by atoms with Crippen LogP contribution in [-0.2, 0) is 4.79 Å². The second-order valence-electron chi connectivity index (χ2n) is 10.1. The molecule has 0 aromatic carbocycles. The summed E-state index contributed by atoms with van der Waals surface area (Å²) in [6, 6.07) is 0. The van der Waals surface area contributed by atoms with Gasteiger partial charge in [-0.1, -0.05) is 27.2 Å². The highest BCUT2D eigenvalue weighted by Gasteiger charge is 2.66. The number of carbonyl (C=O) groups is 1. The van der Waals surface area contributed by atoms with E-state index in [1.807, 2.05) is 0 Å². The number of hydrogen-bond acceptors (Lipinski definition) is 2. The predicted molar refractivity (Wildman–Crippen MR) is 87.4 cm³/mol. The second kappa shape index (κ2) is 4.37. The van der Waals surface area contributed by atoms with Crippen molar-refractivity contribution in [1.82, 2.24) is 0 Å². The van der Waals surface area contributed by atoms with Crippen molar-refractivity contribution in [2.75, 3.05) is 6.61 Å². The lowest BCUT2D eigenvalue weighted by molar-refractivity contribution is -0.163. The SMILES string of the molecule is CC1(CO)CCC[C@@]2(C)[C@H]1CC[C@@]13CC(=O)[C@](C)(CC[C@@H]12)C3. The van der Waals surface area contributed by atoms with E-state index in [9.17, 15) is 9.90 Å². The van der Waals surface area contributed by atoms with Crippen molar-refractivity contribution in [2.45, 2.75) is 78.6 Å². The van der Waals surface area contributed by atoms with Crippen LogP contribution in [0.5, 0.6) is 0 Å². The van der Waals surface area contributed by atoms with Gasteiger partial charge >= 0.3 is 0 Å². The molecule has 4 rings (SSSR count). The maximum absolute atomic E-state index is 12.6. The van der Waals surface area contributed by atoms with Crippen molar-refractivity contribution in [2.24, 2.45) is 33.5 Å². The van der Waals surface area contributed by atoms with Gasteiger partial charge in [-0.2, -0.15) is 0 Å². The molecule has 0 aliphatic heterocycles. The Hall–Kier alpha value is -0.370. The van der Waals surface area contributed by atoms with Crippen LogP contribution >= 0.6 is 0 Å². The van der Waals surface area contributed by atoms with E-state index in [2.05, 4.69) is 20.8 Å². The molecule has 22 heavy (non-hydrogen) atoms. The Morgan fingerprint density at radius 2 is 1.77 bits per heavy atom. The van der Waals surface area contributed by atoms with E-state index in [1.165, 1.54) is 38.5 Å². The van der Waals surface area contributed by atoms with Crippen LogP contribution in [0.2, 0.25) is 0 Å². The lowest BCUT2D eigenvalue weighted by atomic mass is 9.40. The van der Waals surface area contributed by atoms with Crippen molar-refractivity contribution >= 4 is 5.78 Å². The van der Waals surface area contributed by atoms with E-state index in [1.54, 1.807) is 0 Å². The summed E-state index contributed by atoms with van der Waals surface area (Å²) in [7, 11) is 0. The Morgan fingerprint density at radius 1 is 1.05 bits per heavy atom. The molecule has 0 saturated heterocycles. The fourth-order valence-corrected chi connectivity index (χ4v) is 7.83. The Morgan fingerprint density at radius 3 is 2.50 bits per heavy atom. The average Bonchev–Trinajstić information content (AvgIpc) is 2.64. The zero-order valence-electron chi connectivity index (χ0n) is 14.6. The summed E-state index contributed by atoms with van der Waals surface area (Å²) < 4.78 is 0. The van der Waals surface area contributed by atoms with Crippen LogP contribution in [0.1, 0.15) is 78.6 Å². The van der Waals surface area contributed by atoms with Gasteiger partial charge in [0.2, 0.25) is 0 Å². The van der Waals surface area contributed by atoms with Crippen LogP contribution in [-0.4, -0.2) is 17.5 Å². The van der Waals surface area contributed by atoms with Crippen LogP contribution in [0.3, 0.4) is 0 Å². The molecule has 4 aliphatic carbocycles. The molecule has 0 amide bonds. The van der Waals surface area contributed by atoms with Gasteiger partial charge in [0.1, 0.15) is 5.78 Å². The molecule has 4 aliphatic rings. The van der Waals surface area contributed by atoms with Gasteiger partial charge in [-0.05, 0) is 73.0 Å². The van der Waals surface area contributed by atoms with E-state index < -0.39 is 0 Å². The van der Waals surface area contributed by atoms with Crippen molar-refractivity contribution in [3.05, 3.63) is 0 Å². The monoisotopic (exact) mass is 304 g/mol. The van der Waals surface area contributed by atoms with Crippen molar-refractivity contribution in [3.63, 3.8) is 0 Å². The summed E-state index contributed by atoms with van der Waals surface area (Å²) in [6.07, 6.45) is 10.6. The van der Waals surface area contributed by atoms with E-state index >= 15 is 0 Å². The molecule has 0 radical (unpaired) electrons. The topological polar surface area (TPSA) is 37.3 Å². The molecule has 2 nitrogen and oxygen atoms in total. The van der Waals surface area contributed by atoms with Crippen LogP contribution < -0.4 is 0 Å². The molecular formula is C20H32O2. The van der Waals surface area contributed by atoms with Crippen LogP contribution in [0, 0.1) is 33.5 Å². The zero-order valence-corrected chi connectivity index (χ0v) is 14.6. The zero-order chi connectivity index (χ0) is 15.8. The molecule has 4 fully saturated rings. The number of aliphatic hydroxyl groups excluding tert-OH is 1. The third-order valence-electron chi connectivity index (χ3n) is 8.84. The molecule has 2 bridgehead atoms. The van der Waals surface area contributed by atoms with Gasteiger partial charge < -0.3 is 5.11 Å². The smallest absolute Gasteiger partial charge is 0.139 e. The number of Topliss-reactive ketones (excluding diaryl/α,β-unsaturated/α-hetero) is 1. The highest BCUT2D eigenvalue weighted by atomic mass is 16.3. The Bertz CT molecular complexity index is 514. The van der Waals surface area contributed by atoms with Gasteiger partial charge in [-0.15, -0.1) is 0 Å². The average molecular weight is 304 g/mol. The molecule has 6 atom stereocenters. The number of carbonyl (C=O) groups excluding carboxylic acids is 1. The Balaban J connectivity index is 1.74. The molecule has 1 N–H and O–H groups in total. The number of aliphatic hydroxyl groups is 1. The number of fused-ring (bicyclic) bond motifs is 3. The maximum atomic E-state index is 12.6. The first kappa shape index (κ1) is 15.2. The number of ketones is 1. The van der Waals surface area contributed by atoms with Crippen LogP contribution in [0.4, 0.5) is 0 Å². The molecule has 1 unspecified atom stereocenters. The second-order valence-corrected chi connectivity index (χ2v) is 10.1. The van der Waals surface area contributed by atoms with E-state index in [-0.39, 0.29) is 10.8 Å². The normalized spacial score (nSPS) is 57.4. The summed E-state index contributed by atoms with van der Waals surface area (Å²) in [5.41, 5.74) is 0.760. The largest absolute Gasteiger partial charge is 0.396 e. The van der Waals surface area contributed by atoms with Crippen molar-refractivity contribution < 1.29 is 9.90 Å². The predicted octanol–water partition coefficient (Wildman–Crippen LogP) is 4.35. The lowest BCUT2D eigenvalue weighted by Crippen LogP contribution is -2.57. The summed E-state index contributed by atoms with van der Waals surface area (Å²) in [5, 5.41) is 10.1. The molecule has 0 heterocycles. The van der Waals surface area contributed by atoms with Gasteiger partial charge in [0.25, 0.3) is 0 Å². The third-order valence-corrected chi connectivity index (χ3v) is 8.84. The minimum absolute atomic E-state index is 0.00531. The lowest BCUT2D eigenvalue weighted by Gasteiger charge is -2.64. The van der Waals surface area contributed by atoms with Crippen molar-refractivity contribution in [1.29, 1.82) is 0 Å².